The molecule has 22 heavy (non-hydrogen) atoms. The molecule has 126 valence electrons. The lowest BCUT2D eigenvalue weighted by molar-refractivity contribution is 0.172. The second-order valence-corrected chi connectivity index (χ2v) is 5.47. The number of nitrogen functional groups attached to an aromatic ring is 1. The van der Waals surface area contributed by atoms with Gasteiger partial charge in [0, 0.05) is 12.6 Å². The highest BCUT2D eigenvalue weighted by atomic mass is 16.5. The molecule has 3 N–H and O–H groups in total. The van der Waals surface area contributed by atoms with Crippen LogP contribution in [0.15, 0.2) is 11.1 Å². The van der Waals surface area contributed by atoms with E-state index in [1.54, 1.807) is 6.07 Å². The van der Waals surface area contributed by atoms with Gasteiger partial charge in [0.15, 0.2) is 5.49 Å². The van der Waals surface area contributed by atoms with Gasteiger partial charge in [-0.1, -0.05) is 52.4 Å². The first-order valence-electron chi connectivity index (χ1n) is 8.41. The van der Waals surface area contributed by atoms with Crippen molar-refractivity contribution in [3.05, 3.63) is 11.6 Å². The SMILES string of the molecule is CCCCCCCCCN=c1cc(OCCC)nc(N)n1O. The van der Waals surface area contributed by atoms with Crippen LogP contribution in [-0.4, -0.2) is 28.1 Å². The third-order valence-electron chi connectivity index (χ3n) is 3.40. The quantitative estimate of drug-likeness (QED) is 0.485. The highest BCUT2D eigenvalue weighted by Crippen LogP contribution is 2.07. The second kappa shape index (κ2) is 10.9. The Balaban J connectivity index is 2.46. The van der Waals surface area contributed by atoms with Crippen LogP contribution < -0.4 is 16.0 Å². The lowest BCUT2D eigenvalue weighted by Crippen LogP contribution is -2.24. The Morgan fingerprint density at radius 2 is 1.82 bits per heavy atom. The van der Waals surface area contributed by atoms with Crippen LogP contribution in [0, 0.1) is 0 Å². The standard InChI is InChI=1S/C16H30N4O2/c1-3-5-6-7-8-9-10-11-18-14-13-15(22-12-4-2)19-16(17)20(14)21/h13,21H,3-12H2,1-2H3,(H2,17,19). The van der Waals surface area contributed by atoms with E-state index in [-0.39, 0.29) is 5.95 Å². The van der Waals surface area contributed by atoms with Gasteiger partial charge in [-0.25, -0.2) is 0 Å². The molecule has 0 aliphatic heterocycles. The Kier molecular flexibility index (Phi) is 9.11. The summed E-state index contributed by atoms with van der Waals surface area (Å²) in [5.41, 5.74) is 6.05. The number of unbranched alkanes of at least 4 members (excludes halogenated alkanes) is 6. The van der Waals surface area contributed by atoms with Gasteiger partial charge < -0.3 is 15.7 Å². The van der Waals surface area contributed by atoms with Gasteiger partial charge in [0.25, 0.3) is 0 Å². The van der Waals surface area contributed by atoms with Crippen LogP contribution in [-0.2, 0) is 0 Å². The van der Waals surface area contributed by atoms with Crippen molar-refractivity contribution in [3.63, 3.8) is 0 Å². The fourth-order valence-corrected chi connectivity index (χ4v) is 2.14. The Bertz CT molecular complexity index is 486. The first-order valence-corrected chi connectivity index (χ1v) is 8.41. The molecule has 1 aromatic rings. The van der Waals surface area contributed by atoms with Crippen molar-refractivity contribution >= 4 is 5.95 Å². The molecule has 1 aromatic heterocycles. The predicted octanol–water partition coefficient (Wildman–Crippen LogP) is 3.14. The third-order valence-corrected chi connectivity index (χ3v) is 3.40. The molecule has 1 heterocycles. The number of hydrogen-bond donors (Lipinski definition) is 2. The van der Waals surface area contributed by atoms with Crippen LogP contribution in [0.25, 0.3) is 0 Å². The maximum atomic E-state index is 9.83. The summed E-state index contributed by atoms with van der Waals surface area (Å²) in [4.78, 5) is 8.35. The van der Waals surface area contributed by atoms with E-state index in [0.29, 0.717) is 24.5 Å². The molecule has 0 aliphatic carbocycles. The summed E-state index contributed by atoms with van der Waals surface area (Å²) in [6.45, 7) is 5.48. The number of anilines is 1. The zero-order chi connectivity index (χ0) is 16.2. The van der Waals surface area contributed by atoms with E-state index in [1.807, 2.05) is 6.92 Å². The molecule has 0 aliphatic rings. The summed E-state index contributed by atoms with van der Waals surface area (Å²) in [6, 6.07) is 1.62. The molecule has 0 spiro atoms. The van der Waals surface area contributed by atoms with Gasteiger partial charge in [-0.2, -0.15) is 4.98 Å². The van der Waals surface area contributed by atoms with Crippen LogP contribution in [0.2, 0.25) is 0 Å². The Labute approximate surface area is 133 Å². The lowest BCUT2D eigenvalue weighted by Gasteiger charge is -2.07. The van der Waals surface area contributed by atoms with E-state index in [9.17, 15) is 5.21 Å². The summed E-state index contributed by atoms with van der Waals surface area (Å²) in [5.74, 6) is 0.398. The number of aromatic nitrogens is 2. The van der Waals surface area contributed by atoms with Crippen molar-refractivity contribution in [1.29, 1.82) is 0 Å². The summed E-state index contributed by atoms with van der Waals surface area (Å²) in [5, 5.41) is 9.83. The van der Waals surface area contributed by atoms with E-state index in [0.717, 1.165) is 17.6 Å². The largest absolute Gasteiger partial charge is 0.477 e. The minimum Gasteiger partial charge on any atom is -0.477 e. The topological polar surface area (TPSA) is 85.7 Å². The monoisotopic (exact) mass is 310 g/mol. The lowest BCUT2D eigenvalue weighted by atomic mass is 10.1. The van der Waals surface area contributed by atoms with Crippen molar-refractivity contribution in [2.24, 2.45) is 4.99 Å². The average Bonchev–Trinajstić information content (AvgIpc) is 2.52. The summed E-state index contributed by atoms with van der Waals surface area (Å²) < 4.78 is 6.24. The van der Waals surface area contributed by atoms with E-state index in [1.165, 1.54) is 38.5 Å². The molecule has 0 unspecified atom stereocenters. The van der Waals surface area contributed by atoms with Crippen LogP contribution >= 0.6 is 0 Å². The van der Waals surface area contributed by atoms with Gasteiger partial charge in [-0.3, -0.25) is 4.99 Å². The van der Waals surface area contributed by atoms with Crippen LogP contribution in [0.3, 0.4) is 0 Å². The van der Waals surface area contributed by atoms with Gasteiger partial charge in [-0.05, 0) is 12.8 Å². The molecule has 0 aromatic carbocycles. The van der Waals surface area contributed by atoms with Crippen molar-refractivity contribution in [2.75, 3.05) is 18.9 Å². The third kappa shape index (κ3) is 6.83. The van der Waals surface area contributed by atoms with E-state index < -0.39 is 0 Å². The molecule has 0 atom stereocenters. The summed E-state index contributed by atoms with van der Waals surface area (Å²) >= 11 is 0. The zero-order valence-corrected chi connectivity index (χ0v) is 13.9. The van der Waals surface area contributed by atoms with Gasteiger partial charge in [-0.15, -0.1) is 4.73 Å². The molecule has 6 nitrogen and oxygen atoms in total. The fraction of sp³-hybridized carbons (Fsp3) is 0.750. The average molecular weight is 310 g/mol. The van der Waals surface area contributed by atoms with Crippen LogP contribution in [0.5, 0.6) is 5.88 Å². The number of nitrogens with two attached hydrogens (primary N) is 1. The van der Waals surface area contributed by atoms with Crippen LogP contribution in [0.4, 0.5) is 5.95 Å². The minimum atomic E-state index is -0.00748. The molecule has 1 rings (SSSR count). The molecular weight excluding hydrogens is 280 g/mol. The molecule has 0 fully saturated rings. The molecule has 0 saturated carbocycles. The molecule has 6 heteroatoms. The minimum absolute atomic E-state index is 0.00748. The van der Waals surface area contributed by atoms with Gasteiger partial charge in [0.05, 0.1) is 6.61 Å². The maximum Gasteiger partial charge on any atom is 0.239 e. The molecule has 0 amide bonds. The van der Waals surface area contributed by atoms with Crippen molar-refractivity contribution in [2.45, 2.75) is 65.2 Å². The highest BCUT2D eigenvalue weighted by molar-refractivity contribution is 5.21. The highest BCUT2D eigenvalue weighted by Gasteiger charge is 2.03. The Hall–Kier alpha value is -1.72. The normalized spacial score (nSPS) is 11.8. The molecule has 0 saturated heterocycles. The van der Waals surface area contributed by atoms with Gasteiger partial charge in [0.2, 0.25) is 11.8 Å². The first-order chi connectivity index (χ1) is 10.7. The van der Waals surface area contributed by atoms with Crippen molar-refractivity contribution < 1.29 is 9.94 Å². The molecule has 0 radical (unpaired) electrons. The smallest absolute Gasteiger partial charge is 0.239 e. The zero-order valence-electron chi connectivity index (χ0n) is 13.9. The van der Waals surface area contributed by atoms with E-state index in [4.69, 9.17) is 10.5 Å². The summed E-state index contributed by atoms with van der Waals surface area (Å²) in [7, 11) is 0. The Morgan fingerprint density at radius 3 is 2.50 bits per heavy atom. The van der Waals surface area contributed by atoms with E-state index in [2.05, 4.69) is 16.9 Å². The number of hydrogen-bond acceptors (Lipinski definition) is 5. The van der Waals surface area contributed by atoms with Gasteiger partial charge in [0.1, 0.15) is 0 Å². The number of nitrogens with zero attached hydrogens (tertiary/aromatic N) is 3. The second-order valence-electron chi connectivity index (χ2n) is 5.47. The molecule has 0 bridgehead atoms. The fourth-order valence-electron chi connectivity index (χ4n) is 2.14. The number of ether oxygens (including phenoxy) is 1. The maximum absolute atomic E-state index is 9.83. The number of rotatable bonds is 11. The first kappa shape index (κ1) is 18.3. The van der Waals surface area contributed by atoms with Crippen molar-refractivity contribution in [3.8, 4) is 5.88 Å². The van der Waals surface area contributed by atoms with Crippen LogP contribution in [0.1, 0.15) is 65.2 Å². The van der Waals surface area contributed by atoms with E-state index >= 15 is 0 Å². The predicted molar refractivity (Wildman–Crippen MR) is 88.0 cm³/mol. The Morgan fingerprint density at radius 1 is 1.14 bits per heavy atom. The summed E-state index contributed by atoms with van der Waals surface area (Å²) in [6.07, 6.45) is 9.54. The molecular formula is C16H30N4O2. The van der Waals surface area contributed by atoms with Crippen molar-refractivity contribution in [1.82, 2.24) is 9.71 Å². The van der Waals surface area contributed by atoms with Gasteiger partial charge >= 0.3 is 0 Å².